The summed E-state index contributed by atoms with van der Waals surface area (Å²) in [7, 11) is 0. The van der Waals surface area contributed by atoms with Crippen molar-refractivity contribution in [3.8, 4) is 10.4 Å². The number of rotatable bonds is 5. The Labute approximate surface area is 157 Å². The summed E-state index contributed by atoms with van der Waals surface area (Å²) in [5.41, 5.74) is 0.856. The average Bonchev–Trinajstić information content (AvgIpc) is 3.33. The van der Waals surface area contributed by atoms with Crippen LogP contribution in [0.5, 0.6) is 0 Å². The van der Waals surface area contributed by atoms with Crippen LogP contribution >= 0.6 is 22.7 Å². The number of carbonyl (C=O) groups excluding carboxylic acids is 1. The van der Waals surface area contributed by atoms with E-state index in [1.807, 2.05) is 53.9 Å². The Morgan fingerprint density at radius 3 is 2.77 bits per heavy atom. The van der Waals surface area contributed by atoms with Gasteiger partial charge in [-0.1, -0.05) is 36.4 Å². The molecule has 0 atom stereocenters. The average molecular weight is 381 g/mol. The lowest BCUT2D eigenvalue weighted by atomic mass is 10.2. The van der Waals surface area contributed by atoms with Crippen LogP contribution in [0.3, 0.4) is 0 Å². The number of fused-ring (bicyclic) bond motifs is 1. The summed E-state index contributed by atoms with van der Waals surface area (Å²) in [4.78, 5) is 31.9. The van der Waals surface area contributed by atoms with Crippen LogP contribution in [-0.2, 0) is 17.9 Å². The smallest absolute Gasteiger partial charge is 0.262 e. The van der Waals surface area contributed by atoms with E-state index in [0.717, 1.165) is 15.3 Å². The van der Waals surface area contributed by atoms with Gasteiger partial charge in [0.2, 0.25) is 5.91 Å². The van der Waals surface area contributed by atoms with Crippen LogP contribution < -0.4 is 10.9 Å². The molecule has 26 heavy (non-hydrogen) atoms. The van der Waals surface area contributed by atoms with Crippen LogP contribution in [0, 0.1) is 0 Å². The van der Waals surface area contributed by atoms with Crippen molar-refractivity contribution >= 4 is 38.8 Å². The monoisotopic (exact) mass is 381 g/mol. The maximum absolute atomic E-state index is 12.7. The maximum atomic E-state index is 12.7. The van der Waals surface area contributed by atoms with Crippen LogP contribution in [0.4, 0.5) is 0 Å². The van der Waals surface area contributed by atoms with Gasteiger partial charge in [0, 0.05) is 9.75 Å². The molecule has 0 bridgehead atoms. The molecule has 0 fully saturated rings. The SMILES string of the molecule is O=C(Cn1cnc2sc(-c3ccccc3)cc2c1=O)NCc1cccs1. The molecular weight excluding hydrogens is 366 g/mol. The molecule has 0 aliphatic rings. The van der Waals surface area contributed by atoms with Crippen LogP contribution in [0.2, 0.25) is 0 Å². The Hall–Kier alpha value is -2.77. The number of hydrogen-bond acceptors (Lipinski definition) is 5. The van der Waals surface area contributed by atoms with Crippen molar-refractivity contribution in [2.75, 3.05) is 0 Å². The first-order valence-electron chi connectivity index (χ1n) is 8.04. The second kappa shape index (κ2) is 7.23. The molecule has 5 nitrogen and oxygen atoms in total. The zero-order valence-electron chi connectivity index (χ0n) is 13.7. The number of amides is 1. The molecule has 4 rings (SSSR count). The molecule has 0 aliphatic heterocycles. The van der Waals surface area contributed by atoms with Crippen molar-refractivity contribution < 1.29 is 4.79 Å². The van der Waals surface area contributed by atoms with E-state index in [0.29, 0.717) is 16.8 Å². The maximum Gasteiger partial charge on any atom is 0.262 e. The molecule has 7 heteroatoms. The topological polar surface area (TPSA) is 64.0 Å². The second-order valence-corrected chi connectivity index (χ2v) is 7.79. The van der Waals surface area contributed by atoms with Crippen molar-refractivity contribution in [1.82, 2.24) is 14.9 Å². The highest BCUT2D eigenvalue weighted by Crippen LogP contribution is 2.30. The number of nitrogens with zero attached hydrogens (tertiary/aromatic N) is 2. The molecule has 0 aliphatic carbocycles. The van der Waals surface area contributed by atoms with Crippen LogP contribution in [0.15, 0.2) is 65.0 Å². The van der Waals surface area contributed by atoms with Crippen LogP contribution in [0.25, 0.3) is 20.7 Å². The highest BCUT2D eigenvalue weighted by molar-refractivity contribution is 7.21. The van der Waals surface area contributed by atoms with Crippen molar-refractivity contribution in [2.24, 2.45) is 0 Å². The first kappa shape index (κ1) is 16.7. The van der Waals surface area contributed by atoms with E-state index in [4.69, 9.17) is 0 Å². The lowest BCUT2D eigenvalue weighted by Crippen LogP contribution is -2.31. The quantitative estimate of drug-likeness (QED) is 0.575. The minimum absolute atomic E-state index is 0.0380. The molecule has 0 unspecified atom stereocenters. The molecule has 0 saturated heterocycles. The van der Waals surface area contributed by atoms with E-state index < -0.39 is 0 Å². The van der Waals surface area contributed by atoms with Crippen LogP contribution in [-0.4, -0.2) is 15.5 Å². The van der Waals surface area contributed by atoms with Gasteiger partial charge in [0.1, 0.15) is 11.4 Å². The van der Waals surface area contributed by atoms with Crippen molar-refractivity contribution in [3.63, 3.8) is 0 Å². The Morgan fingerprint density at radius 1 is 1.15 bits per heavy atom. The van der Waals surface area contributed by atoms with Gasteiger partial charge in [0.05, 0.1) is 18.3 Å². The Morgan fingerprint density at radius 2 is 2.00 bits per heavy atom. The molecule has 130 valence electrons. The first-order valence-corrected chi connectivity index (χ1v) is 9.74. The minimum Gasteiger partial charge on any atom is -0.350 e. The van der Waals surface area contributed by atoms with E-state index in [1.54, 1.807) is 11.3 Å². The molecule has 3 aromatic heterocycles. The number of carbonyl (C=O) groups is 1. The summed E-state index contributed by atoms with van der Waals surface area (Å²) < 4.78 is 1.35. The summed E-state index contributed by atoms with van der Waals surface area (Å²) in [6.45, 7) is 0.432. The van der Waals surface area contributed by atoms with Crippen molar-refractivity contribution in [1.29, 1.82) is 0 Å². The Bertz CT molecular complexity index is 1100. The summed E-state index contributed by atoms with van der Waals surface area (Å²) in [6, 6.07) is 15.6. The normalized spacial score (nSPS) is 10.9. The van der Waals surface area contributed by atoms with E-state index in [1.165, 1.54) is 22.2 Å². The van der Waals surface area contributed by atoms with Gasteiger partial charge in [-0.2, -0.15) is 0 Å². The highest BCUT2D eigenvalue weighted by atomic mass is 32.1. The lowest BCUT2D eigenvalue weighted by Gasteiger charge is -2.06. The fourth-order valence-corrected chi connectivity index (χ4v) is 4.27. The number of thiophene rings is 2. The largest absolute Gasteiger partial charge is 0.350 e. The van der Waals surface area contributed by atoms with Gasteiger partial charge in [0.15, 0.2) is 0 Å². The van der Waals surface area contributed by atoms with Gasteiger partial charge in [-0.3, -0.25) is 14.2 Å². The number of hydrogen-bond donors (Lipinski definition) is 1. The third-order valence-electron chi connectivity index (χ3n) is 3.93. The lowest BCUT2D eigenvalue weighted by molar-refractivity contribution is -0.121. The first-order chi connectivity index (χ1) is 12.7. The van der Waals surface area contributed by atoms with Crippen molar-refractivity contribution in [3.05, 3.63) is 75.5 Å². The molecule has 1 amide bonds. The molecule has 0 radical (unpaired) electrons. The second-order valence-electron chi connectivity index (χ2n) is 5.73. The number of nitrogens with one attached hydrogen (secondary N) is 1. The van der Waals surface area contributed by atoms with Gasteiger partial charge in [-0.25, -0.2) is 4.98 Å². The fraction of sp³-hybridized carbons (Fsp3) is 0.105. The Kier molecular flexibility index (Phi) is 4.64. The molecule has 0 saturated carbocycles. The van der Waals surface area contributed by atoms with Gasteiger partial charge in [-0.05, 0) is 23.1 Å². The number of benzene rings is 1. The zero-order chi connectivity index (χ0) is 17.9. The molecule has 0 spiro atoms. The number of aromatic nitrogens is 2. The van der Waals surface area contributed by atoms with Gasteiger partial charge < -0.3 is 5.32 Å². The summed E-state index contributed by atoms with van der Waals surface area (Å²) in [5, 5.41) is 5.33. The third-order valence-corrected chi connectivity index (χ3v) is 5.90. The molecule has 1 N–H and O–H groups in total. The highest BCUT2D eigenvalue weighted by Gasteiger charge is 2.12. The molecule has 3 heterocycles. The molecular formula is C19H15N3O2S2. The Balaban J connectivity index is 1.55. The van der Waals surface area contributed by atoms with Gasteiger partial charge in [0.25, 0.3) is 5.56 Å². The third kappa shape index (κ3) is 3.44. The summed E-state index contributed by atoms with van der Waals surface area (Å²) in [6.07, 6.45) is 1.45. The van der Waals surface area contributed by atoms with E-state index in [-0.39, 0.29) is 18.0 Å². The van der Waals surface area contributed by atoms with Gasteiger partial charge >= 0.3 is 0 Å². The van der Waals surface area contributed by atoms with Crippen LogP contribution in [0.1, 0.15) is 4.88 Å². The summed E-state index contributed by atoms with van der Waals surface area (Å²) >= 11 is 3.06. The van der Waals surface area contributed by atoms with E-state index in [9.17, 15) is 9.59 Å². The molecule has 4 aromatic rings. The molecule has 1 aromatic carbocycles. The summed E-state index contributed by atoms with van der Waals surface area (Å²) in [5.74, 6) is -0.208. The predicted molar refractivity (Wildman–Crippen MR) is 105 cm³/mol. The van der Waals surface area contributed by atoms with Gasteiger partial charge in [-0.15, -0.1) is 22.7 Å². The standard InChI is InChI=1S/C19H15N3O2S2/c23-17(20-10-14-7-4-8-25-14)11-22-12-21-18-15(19(22)24)9-16(26-18)13-5-2-1-3-6-13/h1-9,12H,10-11H2,(H,20,23). The van der Waals surface area contributed by atoms with E-state index >= 15 is 0 Å². The minimum atomic E-state index is -0.208. The zero-order valence-corrected chi connectivity index (χ0v) is 15.3. The predicted octanol–water partition coefficient (Wildman–Crippen LogP) is 3.50. The van der Waals surface area contributed by atoms with Crippen molar-refractivity contribution in [2.45, 2.75) is 13.1 Å². The fourth-order valence-electron chi connectivity index (χ4n) is 2.63. The van der Waals surface area contributed by atoms with E-state index in [2.05, 4.69) is 10.3 Å².